The zero-order chi connectivity index (χ0) is 13.1. The van der Waals surface area contributed by atoms with Gasteiger partial charge in [-0.1, -0.05) is 29.1 Å². The summed E-state index contributed by atoms with van der Waals surface area (Å²) in [5.74, 6) is 5.48. The summed E-state index contributed by atoms with van der Waals surface area (Å²) in [4.78, 5) is -0.178. The molecule has 17 heavy (non-hydrogen) atoms. The van der Waals surface area contributed by atoms with Gasteiger partial charge in [0, 0.05) is 10.7 Å². The lowest BCUT2D eigenvalue weighted by Gasteiger charge is -2.08. The molecule has 0 aliphatic heterocycles. The van der Waals surface area contributed by atoms with Crippen LogP contribution in [0.15, 0.2) is 17.0 Å². The van der Waals surface area contributed by atoms with E-state index in [-0.39, 0.29) is 27.3 Å². The molecular weight excluding hydrogens is 307 g/mol. The Morgan fingerprint density at radius 2 is 1.82 bits per heavy atom. The van der Waals surface area contributed by atoms with Crippen LogP contribution < -0.4 is 4.74 Å². The predicted molar refractivity (Wildman–Crippen MR) is 68.4 cm³/mol. The normalized spacial score (nSPS) is 10.6. The second-order valence-electron chi connectivity index (χ2n) is 2.87. The molecule has 0 heterocycles. The van der Waals surface area contributed by atoms with Crippen molar-refractivity contribution in [1.29, 1.82) is 0 Å². The molecule has 0 aliphatic rings. The molecule has 1 aromatic rings. The third-order valence-electron chi connectivity index (χ3n) is 1.72. The van der Waals surface area contributed by atoms with Gasteiger partial charge in [-0.2, -0.15) is 0 Å². The van der Waals surface area contributed by atoms with Gasteiger partial charge in [0.25, 0.3) is 9.05 Å². The van der Waals surface area contributed by atoms with Gasteiger partial charge in [-0.25, -0.2) is 8.42 Å². The second kappa shape index (κ2) is 5.83. The van der Waals surface area contributed by atoms with Gasteiger partial charge in [0.2, 0.25) is 0 Å². The van der Waals surface area contributed by atoms with E-state index in [4.69, 9.17) is 38.6 Å². The van der Waals surface area contributed by atoms with Crippen molar-refractivity contribution in [1.82, 2.24) is 0 Å². The highest BCUT2D eigenvalue weighted by Gasteiger charge is 2.16. The number of benzene rings is 1. The van der Waals surface area contributed by atoms with Crippen LogP contribution in [0.4, 0.5) is 0 Å². The first-order valence-electron chi connectivity index (χ1n) is 4.32. The molecule has 0 saturated heterocycles. The Balaban J connectivity index is 3.14. The van der Waals surface area contributed by atoms with Gasteiger partial charge in [0.05, 0.1) is 14.9 Å². The lowest BCUT2D eigenvalue weighted by Crippen LogP contribution is -1.98. The van der Waals surface area contributed by atoms with Crippen molar-refractivity contribution < 1.29 is 13.2 Å². The zero-order valence-electron chi connectivity index (χ0n) is 8.63. The molecule has 0 saturated carbocycles. The molecule has 0 fully saturated rings. The molecule has 0 aromatic heterocycles. The molecule has 0 bridgehead atoms. The van der Waals surface area contributed by atoms with Crippen LogP contribution in [0.2, 0.25) is 10.0 Å². The van der Waals surface area contributed by atoms with E-state index in [1.165, 1.54) is 12.1 Å². The Morgan fingerprint density at radius 1 is 1.29 bits per heavy atom. The maximum atomic E-state index is 11.1. The summed E-state index contributed by atoms with van der Waals surface area (Å²) in [7, 11) is 1.30. The molecule has 0 N–H and O–H groups in total. The minimum Gasteiger partial charge on any atom is -0.478 e. The van der Waals surface area contributed by atoms with Crippen molar-refractivity contribution >= 4 is 42.9 Å². The van der Waals surface area contributed by atoms with Crippen LogP contribution in [0, 0.1) is 11.8 Å². The summed E-state index contributed by atoms with van der Waals surface area (Å²) < 4.78 is 27.4. The fourth-order valence-electron chi connectivity index (χ4n) is 0.996. The maximum Gasteiger partial charge on any atom is 0.261 e. The molecule has 0 aliphatic carbocycles. The van der Waals surface area contributed by atoms with Crippen molar-refractivity contribution in [2.75, 3.05) is 6.61 Å². The molecule has 0 radical (unpaired) electrons. The van der Waals surface area contributed by atoms with Gasteiger partial charge in [0.1, 0.15) is 6.61 Å². The standard InChI is InChI=1S/C10H7Cl3O3S/c1-2-3-4-16-10-8(11)5-7(6-9(10)12)17(13,14)15/h5-6H,4H2,1H3. The lowest BCUT2D eigenvalue weighted by atomic mass is 10.3. The third kappa shape index (κ3) is 3.97. The molecule has 1 aromatic carbocycles. The molecule has 7 heteroatoms. The minimum atomic E-state index is -3.87. The first-order chi connectivity index (χ1) is 7.86. The van der Waals surface area contributed by atoms with Crippen molar-refractivity contribution in [2.24, 2.45) is 0 Å². The Morgan fingerprint density at radius 3 is 2.24 bits per heavy atom. The molecule has 92 valence electrons. The first-order valence-corrected chi connectivity index (χ1v) is 7.39. The average Bonchev–Trinajstić information content (AvgIpc) is 2.20. The average molecular weight is 314 g/mol. The zero-order valence-corrected chi connectivity index (χ0v) is 11.7. The third-order valence-corrected chi connectivity index (χ3v) is 3.61. The van der Waals surface area contributed by atoms with Crippen molar-refractivity contribution in [3.8, 4) is 17.6 Å². The van der Waals surface area contributed by atoms with Crippen LogP contribution in [0.3, 0.4) is 0 Å². The first kappa shape index (κ1) is 14.5. The number of halogens is 3. The highest BCUT2D eigenvalue weighted by molar-refractivity contribution is 8.13. The number of rotatable bonds is 3. The minimum absolute atomic E-state index is 0.0645. The fraction of sp³-hybridized carbons (Fsp3) is 0.200. The van der Waals surface area contributed by atoms with E-state index in [1.807, 2.05) is 0 Å². The second-order valence-corrected chi connectivity index (χ2v) is 6.25. The maximum absolute atomic E-state index is 11.1. The molecular formula is C10H7Cl3O3S. The highest BCUT2D eigenvalue weighted by atomic mass is 35.7. The van der Waals surface area contributed by atoms with Crippen LogP contribution in [0.5, 0.6) is 5.75 Å². The Hall–Kier alpha value is -0.600. The van der Waals surface area contributed by atoms with E-state index in [9.17, 15) is 8.42 Å². The van der Waals surface area contributed by atoms with Crippen molar-refractivity contribution in [3.63, 3.8) is 0 Å². The van der Waals surface area contributed by atoms with E-state index in [1.54, 1.807) is 6.92 Å². The summed E-state index contributed by atoms with van der Waals surface area (Å²) in [6.45, 7) is 1.78. The Kier molecular flexibility index (Phi) is 4.96. The van der Waals surface area contributed by atoms with Crippen molar-refractivity contribution in [2.45, 2.75) is 11.8 Å². The summed E-state index contributed by atoms with van der Waals surface area (Å²) in [6.07, 6.45) is 0. The summed E-state index contributed by atoms with van der Waals surface area (Å²) in [6, 6.07) is 2.34. The van der Waals surface area contributed by atoms with E-state index >= 15 is 0 Å². The lowest BCUT2D eigenvalue weighted by molar-refractivity contribution is 0.370. The Labute approximate surface area is 114 Å². The summed E-state index contributed by atoms with van der Waals surface area (Å²) in [5, 5.41) is 0.129. The molecule has 0 unspecified atom stereocenters. The van der Waals surface area contributed by atoms with Crippen LogP contribution in [-0.2, 0) is 9.05 Å². The van der Waals surface area contributed by atoms with Crippen molar-refractivity contribution in [3.05, 3.63) is 22.2 Å². The smallest absolute Gasteiger partial charge is 0.261 e. The van der Waals surface area contributed by atoms with Gasteiger partial charge in [-0.3, -0.25) is 0 Å². The summed E-state index contributed by atoms with van der Waals surface area (Å²) in [5.41, 5.74) is 0. The van der Waals surface area contributed by atoms with E-state index in [2.05, 4.69) is 11.8 Å². The summed E-state index contributed by atoms with van der Waals surface area (Å²) >= 11 is 11.7. The van der Waals surface area contributed by atoms with Crippen LogP contribution in [0.1, 0.15) is 6.92 Å². The number of hydrogen-bond donors (Lipinski definition) is 0. The van der Waals surface area contributed by atoms with Crippen LogP contribution in [0.25, 0.3) is 0 Å². The SMILES string of the molecule is CC#CCOc1c(Cl)cc(S(=O)(=O)Cl)cc1Cl. The van der Waals surface area contributed by atoms with Crippen LogP contribution in [-0.4, -0.2) is 15.0 Å². The van der Waals surface area contributed by atoms with Gasteiger partial charge in [-0.15, -0.1) is 5.92 Å². The quantitative estimate of drug-likeness (QED) is 0.635. The monoisotopic (exact) mass is 312 g/mol. The van der Waals surface area contributed by atoms with Crippen LogP contribution >= 0.6 is 33.9 Å². The number of ether oxygens (including phenoxy) is 1. The van der Waals surface area contributed by atoms with E-state index in [0.29, 0.717) is 0 Å². The molecule has 1 rings (SSSR count). The van der Waals surface area contributed by atoms with Gasteiger partial charge >= 0.3 is 0 Å². The predicted octanol–water partition coefficient (Wildman–Crippen LogP) is 3.32. The molecule has 3 nitrogen and oxygen atoms in total. The van der Waals surface area contributed by atoms with E-state index in [0.717, 1.165) is 0 Å². The number of hydrogen-bond acceptors (Lipinski definition) is 3. The topological polar surface area (TPSA) is 43.4 Å². The largest absolute Gasteiger partial charge is 0.478 e. The molecule has 0 amide bonds. The fourth-order valence-corrected chi connectivity index (χ4v) is 2.51. The van der Waals surface area contributed by atoms with Gasteiger partial charge in [-0.05, 0) is 19.1 Å². The van der Waals surface area contributed by atoms with E-state index < -0.39 is 9.05 Å². The molecule has 0 atom stereocenters. The van der Waals surface area contributed by atoms with Gasteiger partial charge < -0.3 is 4.74 Å². The van der Waals surface area contributed by atoms with Gasteiger partial charge in [0.15, 0.2) is 5.75 Å². The molecule has 0 spiro atoms. The Bertz CT molecular complexity index is 562. The highest BCUT2D eigenvalue weighted by Crippen LogP contribution is 2.36.